The van der Waals surface area contributed by atoms with Gasteiger partial charge in [-0.2, -0.15) is 0 Å². The number of aromatic nitrogens is 1. The number of halogens is 1. The van der Waals surface area contributed by atoms with Crippen molar-refractivity contribution >= 4 is 26.8 Å². The number of benzene rings is 1. The van der Waals surface area contributed by atoms with Crippen molar-refractivity contribution in [2.75, 3.05) is 0 Å². The lowest BCUT2D eigenvalue weighted by molar-refractivity contribution is 0.592. The number of rotatable bonds is 0. The molecule has 0 saturated heterocycles. The Morgan fingerprint density at radius 3 is 2.47 bits per heavy atom. The Morgan fingerprint density at radius 2 is 1.87 bits per heavy atom. The molecule has 0 aliphatic heterocycles. The molecule has 2 rings (SSSR count). The van der Waals surface area contributed by atoms with Gasteiger partial charge in [0, 0.05) is 23.1 Å². The third kappa shape index (κ3) is 1.83. The minimum atomic E-state index is 0.175. The molecule has 0 unspecified atom stereocenters. The topological polar surface area (TPSA) is 4.93 Å². The molecule has 1 aromatic heterocycles. The quantitative estimate of drug-likeness (QED) is 0.672. The monoisotopic (exact) mass is 265 g/mol. The summed E-state index contributed by atoms with van der Waals surface area (Å²) in [6, 6.07) is 6.56. The van der Waals surface area contributed by atoms with Crippen LogP contribution in [0.2, 0.25) is 0 Å². The second kappa shape index (κ2) is 3.38. The van der Waals surface area contributed by atoms with Crippen LogP contribution in [0.1, 0.15) is 26.3 Å². The van der Waals surface area contributed by atoms with E-state index in [1.807, 2.05) is 0 Å². The van der Waals surface area contributed by atoms with Crippen LogP contribution in [0, 0.1) is 0 Å². The van der Waals surface area contributed by atoms with Crippen molar-refractivity contribution in [3.63, 3.8) is 0 Å². The van der Waals surface area contributed by atoms with Gasteiger partial charge in [-0.1, -0.05) is 36.7 Å². The van der Waals surface area contributed by atoms with Gasteiger partial charge in [-0.05, 0) is 29.2 Å². The lowest BCUT2D eigenvalue weighted by Gasteiger charge is -2.21. The molecule has 15 heavy (non-hydrogen) atoms. The summed E-state index contributed by atoms with van der Waals surface area (Å²) in [7, 11) is 2.10. The van der Waals surface area contributed by atoms with E-state index in [1.165, 1.54) is 16.5 Å². The van der Waals surface area contributed by atoms with Crippen molar-refractivity contribution < 1.29 is 0 Å². The standard InChI is InChI=1S/C13H16BrN/c1-13(2,3)11-8-10(14)7-9-5-6-15(4)12(9)11/h5-8H,1-4H3. The second-order valence-corrected chi connectivity index (χ2v) is 5.98. The Labute approximate surface area is 99.2 Å². The Kier molecular flexibility index (Phi) is 2.42. The number of hydrogen-bond donors (Lipinski definition) is 0. The highest BCUT2D eigenvalue weighted by Gasteiger charge is 2.19. The molecule has 0 aliphatic rings. The Balaban J connectivity index is 2.87. The van der Waals surface area contributed by atoms with Crippen molar-refractivity contribution in [1.82, 2.24) is 4.57 Å². The molecule has 0 amide bonds. The van der Waals surface area contributed by atoms with Crippen LogP contribution in [0.4, 0.5) is 0 Å². The highest BCUT2D eigenvalue weighted by atomic mass is 79.9. The zero-order valence-electron chi connectivity index (χ0n) is 9.63. The summed E-state index contributed by atoms with van der Waals surface area (Å²) in [5.41, 5.74) is 2.90. The average molecular weight is 266 g/mol. The van der Waals surface area contributed by atoms with E-state index in [1.54, 1.807) is 0 Å². The Hall–Kier alpha value is -0.760. The molecule has 0 atom stereocenters. The first-order valence-electron chi connectivity index (χ1n) is 5.14. The largest absolute Gasteiger partial charge is 0.350 e. The molecule has 80 valence electrons. The smallest absolute Gasteiger partial charge is 0.0516 e. The molecule has 0 aliphatic carbocycles. The van der Waals surface area contributed by atoms with Crippen molar-refractivity contribution in [1.29, 1.82) is 0 Å². The molecule has 1 heterocycles. The van der Waals surface area contributed by atoms with E-state index in [9.17, 15) is 0 Å². The van der Waals surface area contributed by atoms with Crippen LogP contribution in [0.5, 0.6) is 0 Å². The first-order chi connectivity index (χ1) is 6.89. The number of hydrogen-bond acceptors (Lipinski definition) is 0. The van der Waals surface area contributed by atoms with Crippen LogP contribution in [0.25, 0.3) is 10.9 Å². The van der Waals surface area contributed by atoms with Gasteiger partial charge in [0.15, 0.2) is 0 Å². The molecule has 0 N–H and O–H groups in total. The summed E-state index contributed by atoms with van der Waals surface area (Å²) in [6.45, 7) is 6.75. The van der Waals surface area contributed by atoms with Gasteiger partial charge in [0.1, 0.15) is 0 Å². The predicted octanol–water partition coefficient (Wildman–Crippen LogP) is 4.24. The highest BCUT2D eigenvalue weighted by molar-refractivity contribution is 9.10. The minimum Gasteiger partial charge on any atom is -0.350 e. The normalized spacial score (nSPS) is 12.3. The van der Waals surface area contributed by atoms with Gasteiger partial charge in [-0.3, -0.25) is 0 Å². The summed E-state index contributed by atoms with van der Waals surface area (Å²) in [5.74, 6) is 0. The maximum Gasteiger partial charge on any atom is 0.0516 e. The third-order valence-electron chi connectivity index (χ3n) is 2.74. The number of nitrogens with zero attached hydrogens (tertiary/aromatic N) is 1. The lowest BCUT2D eigenvalue weighted by atomic mass is 9.86. The van der Waals surface area contributed by atoms with Gasteiger partial charge >= 0.3 is 0 Å². The maximum absolute atomic E-state index is 3.58. The lowest BCUT2D eigenvalue weighted by Crippen LogP contribution is -2.12. The molecular formula is C13H16BrN. The van der Waals surface area contributed by atoms with E-state index in [2.05, 4.69) is 72.7 Å². The number of fused-ring (bicyclic) bond motifs is 1. The SMILES string of the molecule is Cn1ccc2cc(Br)cc(C(C)(C)C)c21. The third-order valence-corrected chi connectivity index (χ3v) is 3.20. The van der Waals surface area contributed by atoms with E-state index in [0.29, 0.717) is 0 Å². The summed E-state index contributed by atoms with van der Waals surface area (Å²) in [5, 5.41) is 1.30. The van der Waals surface area contributed by atoms with Crippen LogP contribution in [-0.2, 0) is 12.5 Å². The van der Waals surface area contributed by atoms with Crippen LogP contribution < -0.4 is 0 Å². The highest BCUT2D eigenvalue weighted by Crippen LogP contribution is 2.33. The summed E-state index contributed by atoms with van der Waals surface area (Å²) in [4.78, 5) is 0. The Bertz CT molecular complexity index is 503. The van der Waals surface area contributed by atoms with Crippen LogP contribution >= 0.6 is 15.9 Å². The van der Waals surface area contributed by atoms with Gasteiger partial charge in [0.05, 0.1) is 5.52 Å². The van der Waals surface area contributed by atoms with E-state index in [4.69, 9.17) is 0 Å². The van der Waals surface area contributed by atoms with Crippen molar-refractivity contribution in [3.8, 4) is 0 Å². The van der Waals surface area contributed by atoms with Crippen molar-refractivity contribution in [2.24, 2.45) is 7.05 Å². The predicted molar refractivity (Wildman–Crippen MR) is 69.3 cm³/mol. The van der Waals surface area contributed by atoms with Gasteiger partial charge in [-0.25, -0.2) is 0 Å². The maximum atomic E-state index is 3.58. The van der Waals surface area contributed by atoms with E-state index >= 15 is 0 Å². The van der Waals surface area contributed by atoms with Crippen LogP contribution in [0.15, 0.2) is 28.9 Å². The van der Waals surface area contributed by atoms with Gasteiger partial charge in [-0.15, -0.1) is 0 Å². The van der Waals surface area contributed by atoms with Gasteiger partial charge < -0.3 is 4.57 Å². The van der Waals surface area contributed by atoms with Crippen molar-refractivity contribution in [2.45, 2.75) is 26.2 Å². The van der Waals surface area contributed by atoms with E-state index < -0.39 is 0 Å². The molecule has 0 bridgehead atoms. The van der Waals surface area contributed by atoms with Gasteiger partial charge in [0.25, 0.3) is 0 Å². The van der Waals surface area contributed by atoms with Crippen LogP contribution in [-0.4, -0.2) is 4.57 Å². The summed E-state index contributed by atoms with van der Waals surface area (Å²) < 4.78 is 3.36. The molecule has 0 radical (unpaired) electrons. The molecule has 2 aromatic rings. The zero-order valence-corrected chi connectivity index (χ0v) is 11.2. The molecule has 0 saturated carbocycles. The van der Waals surface area contributed by atoms with Crippen molar-refractivity contribution in [3.05, 3.63) is 34.4 Å². The fraction of sp³-hybridized carbons (Fsp3) is 0.385. The van der Waals surface area contributed by atoms with E-state index in [-0.39, 0.29) is 5.41 Å². The minimum absolute atomic E-state index is 0.175. The molecule has 0 fully saturated rings. The van der Waals surface area contributed by atoms with E-state index in [0.717, 1.165) is 4.47 Å². The fourth-order valence-electron chi connectivity index (χ4n) is 1.98. The fourth-order valence-corrected chi connectivity index (χ4v) is 2.45. The summed E-state index contributed by atoms with van der Waals surface area (Å²) in [6.07, 6.45) is 2.12. The molecule has 2 heteroatoms. The molecule has 1 nitrogen and oxygen atoms in total. The summed E-state index contributed by atoms with van der Waals surface area (Å²) >= 11 is 3.58. The van der Waals surface area contributed by atoms with Gasteiger partial charge in [0.2, 0.25) is 0 Å². The molecule has 1 aromatic carbocycles. The number of aryl methyl sites for hydroxylation is 1. The Morgan fingerprint density at radius 1 is 1.20 bits per heavy atom. The molecular weight excluding hydrogens is 250 g/mol. The first kappa shape index (κ1) is 10.7. The van der Waals surface area contributed by atoms with Crippen LogP contribution in [0.3, 0.4) is 0 Å². The molecule has 0 spiro atoms. The second-order valence-electron chi connectivity index (χ2n) is 5.07. The zero-order chi connectivity index (χ0) is 11.2. The average Bonchev–Trinajstić information content (AvgIpc) is 2.44. The first-order valence-corrected chi connectivity index (χ1v) is 5.94.